The highest BCUT2D eigenvalue weighted by atomic mass is 16.3. The van der Waals surface area contributed by atoms with Crippen LogP contribution in [0.25, 0.3) is 6.08 Å². The molecule has 1 aliphatic rings. The minimum absolute atomic E-state index is 0.292. The van der Waals surface area contributed by atoms with E-state index in [-0.39, 0.29) is 0 Å². The average molecular weight is 286 g/mol. The third kappa shape index (κ3) is 3.20. The Morgan fingerprint density at radius 2 is 1.81 bits per heavy atom. The molecule has 21 heavy (non-hydrogen) atoms. The second kappa shape index (κ2) is 6.37. The lowest BCUT2D eigenvalue weighted by molar-refractivity contribution is -0.148. The zero-order valence-corrected chi connectivity index (χ0v) is 11.1. The van der Waals surface area contributed by atoms with Gasteiger partial charge in [-0.3, -0.25) is 14.4 Å². The largest absolute Gasteiger partial charge is 0.391 e. The quantitative estimate of drug-likeness (QED) is 0.497. The summed E-state index contributed by atoms with van der Waals surface area (Å²) in [6, 6.07) is 8.98. The number of Topliss-reactive ketones (excluding diaryl/α,β-unsaturated/α-hetero) is 2. The smallest absolute Gasteiger partial charge is 0.168 e. The van der Waals surface area contributed by atoms with Crippen LogP contribution in [0.1, 0.15) is 12.0 Å². The maximum Gasteiger partial charge on any atom is 0.168 e. The van der Waals surface area contributed by atoms with Gasteiger partial charge in [-0.25, -0.2) is 0 Å². The van der Waals surface area contributed by atoms with E-state index in [9.17, 15) is 24.3 Å². The van der Waals surface area contributed by atoms with Crippen LogP contribution >= 0.6 is 0 Å². The van der Waals surface area contributed by atoms with Crippen LogP contribution in [0.15, 0.2) is 36.4 Å². The van der Waals surface area contributed by atoms with Crippen molar-refractivity contribution in [3.63, 3.8) is 0 Å². The lowest BCUT2D eigenvalue weighted by atomic mass is 9.75. The monoisotopic (exact) mass is 286 g/mol. The number of allylic oxidation sites excluding steroid dienone is 1. The summed E-state index contributed by atoms with van der Waals surface area (Å²) in [6.07, 6.45) is 0.939. The molecule has 5 nitrogen and oxygen atoms in total. The highest BCUT2D eigenvalue weighted by Crippen LogP contribution is 2.24. The van der Waals surface area contributed by atoms with Gasteiger partial charge in [0.2, 0.25) is 0 Å². The molecule has 1 aromatic carbocycles. The van der Waals surface area contributed by atoms with Crippen molar-refractivity contribution in [2.45, 2.75) is 12.5 Å². The van der Waals surface area contributed by atoms with E-state index in [1.165, 1.54) is 12.2 Å². The Hall–Kier alpha value is -2.40. The van der Waals surface area contributed by atoms with E-state index in [0.29, 0.717) is 6.29 Å². The number of aliphatic hydroxyl groups excluding tert-OH is 1. The standard InChI is InChI=1S/C16H14O5/c17-9-11-13(19)8-14(20)15(16(11)21)12(18)7-6-10-4-2-1-3-5-10/h1-7,9,11,15-16,21H,8H2. The fraction of sp³-hybridized carbons (Fsp3) is 0.250. The lowest BCUT2D eigenvalue weighted by Gasteiger charge is -2.27. The molecule has 1 fully saturated rings. The van der Waals surface area contributed by atoms with Crippen molar-refractivity contribution in [3.8, 4) is 0 Å². The molecule has 1 aliphatic carbocycles. The van der Waals surface area contributed by atoms with Crippen molar-refractivity contribution in [2.24, 2.45) is 11.8 Å². The van der Waals surface area contributed by atoms with Crippen LogP contribution < -0.4 is 0 Å². The van der Waals surface area contributed by atoms with Gasteiger partial charge in [-0.1, -0.05) is 36.4 Å². The van der Waals surface area contributed by atoms with Gasteiger partial charge in [0.15, 0.2) is 17.3 Å². The van der Waals surface area contributed by atoms with Crippen LogP contribution in [0.3, 0.4) is 0 Å². The number of rotatable bonds is 4. The summed E-state index contributed by atoms with van der Waals surface area (Å²) in [5.41, 5.74) is 0.770. The molecule has 1 saturated carbocycles. The number of ketones is 3. The predicted molar refractivity (Wildman–Crippen MR) is 74.2 cm³/mol. The van der Waals surface area contributed by atoms with Crippen molar-refractivity contribution in [3.05, 3.63) is 42.0 Å². The highest BCUT2D eigenvalue weighted by Gasteiger charge is 2.45. The summed E-state index contributed by atoms with van der Waals surface area (Å²) in [4.78, 5) is 46.1. The molecule has 0 saturated heterocycles. The zero-order chi connectivity index (χ0) is 15.4. The molecule has 0 aliphatic heterocycles. The van der Waals surface area contributed by atoms with Crippen LogP contribution in [0, 0.1) is 11.8 Å². The first-order chi connectivity index (χ1) is 10.0. The molecular formula is C16H14O5. The first kappa shape index (κ1) is 15.0. The van der Waals surface area contributed by atoms with Crippen LogP contribution in [0.5, 0.6) is 0 Å². The number of hydrogen-bond acceptors (Lipinski definition) is 5. The third-order valence-electron chi connectivity index (χ3n) is 3.47. The van der Waals surface area contributed by atoms with Gasteiger partial charge in [0.05, 0.1) is 12.5 Å². The molecule has 3 unspecified atom stereocenters. The molecule has 3 atom stereocenters. The molecule has 0 bridgehead atoms. The minimum Gasteiger partial charge on any atom is -0.391 e. The fourth-order valence-corrected chi connectivity index (χ4v) is 2.32. The van der Waals surface area contributed by atoms with E-state index in [1.54, 1.807) is 24.3 Å². The molecule has 1 N–H and O–H groups in total. The van der Waals surface area contributed by atoms with E-state index in [1.807, 2.05) is 6.07 Å². The van der Waals surface area contributed by atoms with Crippen LogP contribution in [0.4, 0.5) is 0 Å². The molecule has 0 aromatic heterocycles. The topological polar surface area (TPSA) is 88.5 Å². The Labute approximate surface area is 121 Å². The number of benzene rings is 1. The Balaban J connectivity index is 2.17. The van der Waals surface area contributed by atoms with Gasteiger partial charge in [0.25, 0.3) is 0 Å². The van der Waals surface area contributed by atoms with E-state index in [4.69, 9.17) is 0 Å². The van der Waals surface area contributed by atoms with Gasteiger partial charge < -0.3 is 9.90 Å². The highest BCUT2D eigenvalue weighted by molar-refractivity contribution is 6.18. The maximum absolute atomic E-state index is 12.1. The molecule has 0 spiro atoms. The van der Waals surface area contributed by atoms with Gasteiger partial charge in [0, 0.05) is 0 Å². The van der Waals surface area contributed by atoms with Crippen LogP contribution in [-0.4, -0.2) is 34.8 Å². The van der Waals surface area contributed by atoms with Gasteiger partial charge in [-0.05, 0) is 11.6 Å². The van der Waals surface area contributed by atoms with E-state index in [0.717, 1.165) is 5.56 Å². The normalized spacial score (nSPS) is 26.0. The molecule has 0 radical (unpaired) electrons. The van der Waals surface area contributed by atoms with Crippen molar-refractivity contribution < 1.29 is 24.3 Å². The molecule has 5 heteroatoms. The lowest BCUT2D eigenvalue weighted by Crippen LogP contribution is -2.48. The zero-order valence-electron chi connectivity index (χ0n) is 11.1. The van der Waals surface area contributed by atoms with Crippen molar-refractivity contribution in [2.75, 3.05) is 0 Å². The minimum atomic E-state index is -1.58. The molecule has 1 aromatic rings. The molecular weight excluding hydrogens is 272 g/mol. The number of carbonyl (C=O) groups is 4. The van der Waals surface area contributed by atoms with Crippen molar-refractivity contribution in [1.82, 2.24) is 0 Å². The number of aliphatic hydroxyl groups is 1. The predicted octanol–water partition coefficient (Wildman–Crippen LogP) is 0.603. The van der Waals surface area contributed by atoms with Gasteiger partial charge >= 0.3 is 0 Å². The molecule has 0 heterocycles. The van der Waals surface area contributed by atoms with Gasteiger partial charge in [-0.2, -0.15) is 0 Å². The Morgan fingerprint density at radius 3 is 2.43 bits per heavy atom. The number of hydrogen-bond donors (Lipinski definition) is 1. The van der Waals surface area contributed by atoms with E-state index >= 15 is 0 Å². The Kier molecular flexibility index (Phi) is 4.55. The second-order valence-corrected chi connectivity index (χ2v) is 4.89. The number of aldehydes is 1. The van der Waals surface area contributed by atoms with E-state index < -0.39 is 41.7 Å². The third-order valence-corrected chi connectivity index (χ3v) is 3.47. The summed E-state index contributed by atoms with van der Waals surface area (Å²) in [6.45, 7) is 0. The fourth-order valence-electron chi connectivity index (χ4n) is 2.32. The molecule has 0 amide bonds. The van der Waals surface area contributed by atoms with Gasteiger partial charge in [0.1, 0.15) is 18.1 Å². The van der Waals surface area contributed by atoms with Crippen molar-refractivity contribution >= 4 is 29.7 Å². The summed E-state index contributed by atoms with van der Waals surface area (Å²) in [7, 11) is 0. The summed E-state index contributed by atoms with van der Waals surface area (Å²) in [5.74, 6) is -4.54. The average Bonchev–Trinajstić information content (AvgIpc) is 2.46. The summed E-state index contributed by atoms with van der Waals surface area (Å²) >= 11 is 0. The Bertz CT molecular complexity index is 602. The Morgan fingerprint density at radius 1 is 1.14 bits per heavy atom. The maximum atomic E-state index is 12.1. The molecule has 2 rings (SSSR count). The SMILES string of the molecule is O=CC1C(=O)CC(=O)C(C(=O)C=Cc2ccccc2)C1O. The van der Waals surface area contributed by atoms with Crippen molar-refractivity contribution in [1.29, 1.82) is 0 Å². The first-order valence-corrected chi connectivity index (χ1v) is 6.50. The second-order valence-electron chi connectivity index (χ2n) is 4.89. The summed E-state index contributed by atoms with van der Waals surface area (Å²) in [5, 5.41) is 9.91. The number of carbonyl (C=O) groups excluding carboxylic acids is 4. The van der Waals surface area contributed by atoms with Crippen LogP contribution in [0.2, 0.25) is 0 Å². The summed E-state index contributed by atoms with van der Waals surface area (Å²) < 4.78 is 0. The first-order valence-electron chi connectivity index (χ1n) is 6.50. The van der Waals surface area contributed by atoms with E-state index in [2.05, 4.69) is 0 Å². The van der Waals surface area contributed by atoms with Crippen LogP contribution in [-0.2, 0) is 19.2 Å². The molecule has 108 valence electrons. The van der Waals surface area contributed by atoms with Gasteiger partial charge in [-0.15, -0.1) is 0 Å².